The van der Waals surface area contributed by atoms with Crippen LogP contribution in [-0.4, -0.2) is 6.04 Å². The molecule has 1 rings (SSSR count). The number of nitrogens with two attached hydrogens (primary N) is 1. The summed E-state index contributed by atoms with van der Waals surface area (Å²) >= 11 is 0. The van der Waals surface area contributed by atoms with Crippen molar-refractivity contribution in [2.75, 3.05) is 0 Å². The third kappa shape index (κ3) is 2.57. The molecule has 2 heteroatoms. The lowest BCUT2D eigenvalue weighted by atomic mass is 9.77. The maximum absolute atomic E-state index is 12.8. The number of hydrogen-bond acceptors (Lipinski definition) is 1. The maximum atomic E-state index is 12.8. The first kappa shape index (κ1) is 11.7. The van der Waals surface area contributed by atoms with Crippen molar-refractivity contribution in [2.45, 2.75) is 31.7 Å². The summed E-state index contributed by atoms with van der Waals surface area (Å²) in [7, 11) is 0. The Labute approximate surface area is 90.5 Å². The van der Waals surface area contributed by atoms with Gasteiger partial charge in [0.1, 0.15) is 5.82 Å². The highest BCUT2D eigenvalue weighted by Gasteiger charge is 2.27. The first-order valence-corrected chi connectivity index (χ1v) is 4.93. The minimum atomic E-state index is -0.236. The summed E-state index contributed by atoms with van der Waals surface area (Å²) in [6.07, 6.45) is 5.76. The molecule has 2 N–H and O–H groups in total. The van der Waals surface area contributed by atoms with Gasteiger partial charge in [-0.1, -0.05) is 26.0 Å². The van der Waals surface area contributed by atoms with Gasteiger partial charge in [-0.15, -0.1) is 12.3 Å². The molecule has 0 heterocycles. The molecule has 0 saturated carbocycles. The Morgan fingerprint density at radius 1 is 1.40 bits per heavy atom. The summed E-state index contributed by atoms with van der Waals surface area (Å²) in [6, 6.07) is 6.28. The van der Waals surface area contributed by atoms with Gasteiger partial charge in [0.15, 0.2) is 0 Å². The maximum Gasteiger partial charge on any atom is 0.123 e. The predicted octanol–water partition coefficient (Wildman–Crippen LogP) is 2.45. The molecule has 0 spiro atoms. The third-order valence-electron chi connectivity index (χ3n) is 2.85. The Balaban J connectivity index is 2.95. The van der Waals surface area contributed by atoms with E-state index in [2.05, 4.69) is 5.92 Å². The zero-order valence-corrected chi connectivity index (χ0v) is 9.13. The standard InChI is InChI=1S/C13H16FN/c1-4-5-12(15)13(2,3)10-6-8-11(14)9-7-10/h1,6-9,12H,5,15H2,2-3H3. The van der Waals surface area contributed by atoms with Crippen LogP contribution in [0.15, 0.2) is 24.3 Å². The number of hydrogen-bond donors (Lipinski definition) is 1. The fourth-order valence-corrected chi connectivity index (χ4v) is 1.48. The second kappa shape index (κ2) is 4.46. The second-order valence-corrected chi connectivity index (χ2v) is 4.24. The molecule has 1 aromatic rings. The van der Waals surface area contributed by atoms with Crippen LogP contribution in [-0.2, 0) is 5.41 Å². The molecule has 0 aromatic heterocycles. The van der Waals surface area contributed by atoms with E-state index in [4.69, 9.17) is 12.2 Å². The smallest absolute Gasteiger partial charge is 0.123 e. The highest BCUT2D eigenvalue weighted by atomic mass is 19.1. The molecule has 0 saturated heterocycles. The van der Waals surface area contributed by atoms with E-state index in [0.717, 1.165) is 5.56 Å². The fraction of sp³-hybridized carbons (Fsp3) is 0.385. The predicted molar refractivity (Wildman–Crippen MR) is 60.9 cm³/mol. The summed E-state index contributed by atoms with van der Waals surface area (Å²) in [4.78, 5) is 0. The van der Waals surface area contributed by atoms with Crippen molar-refractivity contribution < 1.29 is 4.39 Å². The van der Waals surface area contributed by atoms with Gasteiger partial charge in [0.25, 0.3) is 0 Å². The zero-order valence-electron chi connectivity index (χ0n) is 9.13. The Bertz CT molecular complexity index is 359. The summed E-state index contributed by atoms with van der Waals surface area (Å²) in [6.45, 7) is 4.03. The van der Waals surface area contributed by atoms with Gasteiger partial charge < -0.3 is 5.73 Å². The molecule has 0 aliphatic heterocycles. The van der Waals surface area contributed by atoms with Crippen LogP contribution in [0.25, 0.3) is 0 Å². The number of benzene rings is 1. The summed E-state index contributed by atoms with van der Waals surface area (Å²) in [5, 5.41) is 0. The molecular weight excluding hydrogens is 189 g/mol. The molecule has 15 heavy (non-hydrogen) atoms. The van der Waals surface area contributed by atoms with Gasteiger partial charge in [0.2, 0.25) is 0 Å². The first-order valence-electron chi connectivity index (χ1n) is 4.93. The van der Waals surface area contributed by atoms with Crippen LogP contribution < -0.4 is 5.73 Å². The number of terminal acetylenes is 1. The first-order chi connectivity index (χ1) is 6.98. The van der Waals surface area contributed by atoms with E-state index in [1.165, 1.54) is 12.1 Å². The van der Waals surface area contributed by atoms with Gasteiger partial charge in [-0.05, 0) is 17.7 Å². The molecule has 0 amide bonds. The lowest BCUT2D eigenvalue weighted by Crippen LogP contribution is -2.40. The topological polar surface area (TPSA) is 26.0 Å². The van der Waals surface area contributed by atoms with Crippen LogP contribution >= 0.6 is 0 Å². The molecule has 0 aliphatic carbocycles. The van der Waals surface area contributed by atoms with Crippen molar-refractivity contribution in [3.05, 3.63) is 35.6 Å². The van der Waals surface area contributed by atoms with E-state index >= 15 is 0 Å². The van der Waals surface area contributed by atoms with E-state index < -0.39 is 0 Å². The largest absolute Gasteiger partial charge is 0.326 e. The monoisotopic (exact) mass is 205 g/mol. The molecule has 0 fully saturated rings. The molecule has 0 bridgehead atoms. The lowest BCUT2D eigenvalue weighted by molar-refractivity contribution is 0.414. The molecule has 0 aliphatic rings. The zero-order chi connectivity index (χ0) is 11.5. The molecule has 0 radical (unpaired) electrons. The van der Waals surface area contributed by atoms with E-state index in [-0.39, 0.29) is 17.3 Å². The lowest BCUT2D eigenvalue weighted by Gasteiger charge is -2.31. The summed E-state index contributed by atoms with van der Waals surface area (Å²) in [5.74, 6) is 2.32. The minimum absolute atomic E-state index is 0.118. The molecule has 1 unspecified atom stereocenters. The molecule has 1 atom stereocenters. The van der Waals surface area contributed by atoms with Crippen molar-refractivity contribution in [1.82, 2.24) is 0 Å². The third-order valence-corrected chi connectivity index (χ3v) is 2.85. The van der Waals surface area contributed by atoms with Crippen LogP contribution in [0.1, 0.15) is 25.8 Å². The fourth-order valence-electron chi connectivity index (χ4n) is 1.48. The van der Waals surface area contributed by atoms with Crippen molar-refractivity contribution in [1.29, 1.82) is 0 Å². The van der Waals surface area contributed by atoms with Crippen LogP contribution in [0.3, 0.4) is 0 Å². The van der Waals surface area contributed by atoms with Crippen molar-refractivity contribution >= 4 is 0 Å². The van der Waals surface area contributed by atoms with Crippen molar-refractivity contribution in [3.8, 4) is 12.3 Å². The van der Waals surface area contributed by atoms with E-state index in [9.17, 15) is 4.39 Å². The van der Waals surface area contributed by atoms with E-state index in [1.807, 2.05) is 13.8 Å². The van der Waals surface area contributed by atoms with Crippen molar-refractivity contribution in [2.24, 2.45) is 5.73 Å². The highest BCUT2D eigenvalue weighted by molar-refractivity contribution is 5.26. The molecule has 1 aromatic carbocycles. The quantitative estimate of drug-likeness (QED) is 0.754. The van der Waals surface area contributed by atoms with Gasteiger partial charge in [-0.2, -0.15) is 0 Å². The molecular formula is C13H16FN. The number of halogens is 1. The van der Waals surface area contributed by atoms with Gasteiger partial charge in [0, 0.05) is 17.9 Å². The number of rotatable bonds is 3. The van der Waals surface area contributed by atoms with Crippen LogP contribution in [0.5, 0.6) is 0 Å². The summed E-state index contributed by atoms with van der Waals surface area (Å²) < 4.78 is 12.8. The Kier molecular flexibility index (Phi) is 3.49. The summed E-state index contributed by atoms with van der Waals surface area (Å²) in [5.41, 5.74) is 6.77. The van der Waals surface area contributed by atoms with Gasteiger partial charge >= 0.3 is 0 Å². The Morgan fingerprint density at radius 3 is 2.40 bits per heavy atom. The van der Waals surface area contributed by atoms with Crippen LogP contribution in [0, 0.1) is 18.2 Å². The van der Waals surface area contributed by atoms with E-state index in [1.54, 1.807) is 12.1 Å². The van der Waals surface area contributed by atoms with E-state index in [0.29, 0.717) is 6.42 Å². The normalized spacial score (nSPS) is 13.3. The van der Waals surface area contributed by atoms with Crippen LogP contribution in [0.2, 0.25) is 0 Å². The van der Waals surface area contributed by atoms with Crippen molar-refractivity contribution in [3.63, 3.8) is 0 Å². The van der Waals surface area contributed by atoms with Crippen LogP contribution in [0.4, 0.5) is 4.39 Å². The molecule has 1 nitrogen and oxygen atoms in total. The average Bonchev–Trinajstić information content (AvgIpc) is 2.18. The van der Waals surface area contributed by atoms with Gasteiger partial charge in [0.05, 0.1) is 0 Å². The minimum Gasteiger partial charge on any atom is -0.326 e. The highest BCUT2D eigenvalue weighted by Crippen LogP contribution is 2.27. The SMILES string of the molecule is C#CCC(N)C(C)(C)c1ccc(F)cc1. The second-order valence-electron chi connectivity index (χ2n) is 4.24. The Morgan fingerprint density at radius 2 is 1.93 bits per heavy atom. The van der Waals surface area contributed by atoms with Gasteiger partial charge in [-0.3, -0.25) is 0 Å². The average molecular weight is 205 g/mol. The van der Waals surface area contributed by atoms with Gasteiger partial charge in [-0.25, -0.2) is 4.39 Å². The Hall–Kier alpha value is -1.33. The molecule has 80 valence electrons.